The van der Waals surface area contributed by atoms with Gasteiger partial charge in [0.25, 0.3) is 11.8 Å². The van der Waals surface area contributed by atoms with Gasteiger partial charge in [-0.25, -0.2) is 4.98 Å². The third-order valence-electron chi connectivity index (χ3n) is 5.28. The van der Waals surface area contributed by atoms with E-state index in [1.54, 1.807) is 0 Å². The van der Waals surface area contributed by atoms with Crippen LogP contribution in [-0.4, -0.2) is 63.9 Å². The topological polar surface area (TPSA) is 126 Å². The predicted octanol–water partition coefficient (Wildman–Crippen LogP) is 0.996. The molecule has 2 amide bonds. The fraction of sp³-hybridized carbons (Fsp3) is 0.350. The van der Waals surface area contributed by atoms with Crippen molar-refractivity contribution in [3.05, 3.63) is 33.6 Å². The molecule has 2 atom stereocenters. The van der Waals surface area contributed by atoms with Gasteiger partial charge in [0, 0.05) is 31.1 Å². The summed E-state index contributed by atoms with van der Waals surface area (Å²) in [7, 11) is 1.53. The molecular weight excluding hydrogens is 451 g/mol. The van der Waals surface area contributed by atoms with Gasteiger partial charge in [-0.1, -0.05) is 11.8 Å². The number of ether oxygens (including phenoxy) is 1. The standard InChI is InChI=1S/C20H16F3N3O5S/c1-26-7-6-18(29,17(26)28)5-4-10-2-3-12-11(8-10)13-14(32-16(25-13)15(24)27)19(30,9-31-12)20(21,22)23/h2-3,8,29-30H,6-7,9H2,1H3,(H2,24,27)/t18-,19+/m0/s1. The number of likely N-dealkylation sites (N-methyl/N-ethyl adjacent to an activating group) is 1. The lowest BCUT2D eigenvalue weighted by Crippen LogP contribution is -2.46. The Morgan fingerprint density at radius 1 is 1.38 bits per heavy atom. The van der Waals surface area contributed by atoms with Gasteiger partial charge in [-0.2, -0.15) is 13.2 Å². The first-order valence-corrected chi connectivity index (χ1v) is 10.1. The maximum atomic E-state index is 13.7. The van der Waals surface area contributed by atoms with E-state index in [2.05, 4.69) is 16.8 Å². The monoisotopic (exact) mass is 467 g/mol. The van der Waals surface area contributed by atoms with Crippen molar-refractivity contribution in [2.75, 3.05) is 20.2 Å². The van der Waals surface area contributed by atoms with Crippen molar-refractivity contribution in [3.8, 4) is 28.8 Å². The number of fused-ring (bicyclic) bond motifs is 3. The second-order valence-electron chi connectivity index (χ2n) is 7.51. The second kappa shape index (κ2) is 7.19. The molecule has 2 aromatic rings. The number of amides is 2. The van der Waals surface area contributed by atoms with E-state index in [0.29, 0.717) is 17.9 Å². The third kappa shape index (κ3) is 3.38. The summed E-state index contributed by atoms with van der Waals surface area (Å²) >= 11 is 0.332. The van der Waals surface area contributed by atoms with Crippen LogP contribution in [0.25, 0.3) is 11.3 Å². The number of aliphatic hydroxyl groups is 2. The fourth-order valence-electron chi connectivity index (χ4n) is 3.41. The Morgan fingerprint density at radius 3 is 2.69 bits per heavy atom. The van der Waals surface area contributed by atoms with E-state index in [-0.39, 0.29) is 29.0 Å². The molecule has 0 radical (unpaired) electrons. The molecule has 0 saturated carbocycles. The van der Waals surface area contributed by atoms with Crippen molar-refractivity contribution in [2.45, 2.75) is 23.8 Å². The van der Waals surface area contributed by atoms with Gasteiger partial charge >= 0.3 is 6.18 Å². The van der Waals surface area contributed by atoms with Crippen molar-refractivity contribution in [1.82, 2.24) is 9.88 Å². The number of carbonyl (C=O) groups is 2. The average molecular weight is 467 g/mol. The molecule has 0 bridgehead atoms. The average Bonchev–Trinajstić information content (AvgIpc) is 3.25. The van der Waals surface area contributed by atoms with Crippen LogP contribution in [0, 0.1) is 11.8 Å². The molecule has 4 N–H and O–H groups in total. The molecule has 12 heteroatoms. The quantitative estimate of drug-likeness (QED) is 0.538. The highest BCUT2D eigenvalue weighted by molar-refractivity contribution is 7.14. The minimum Gasteiger partial charge on any atom is -0.489 e. The number of halogens is 3. The first-order valence-electron chi connectivity index (χ1n) is 9.24. The van der Waals surface area contributed by atoms with Crippen LogP contribution in [0.15, 0.2) is 18.2 Å². The Kier molecular flexibility index (Phi) is 4.96. The predicted molar refractivity (Wildman–Crippen MR) is 106 cm³/mol. The van der Waals surface area contributed by atoms with Crippen molar-refractivity contribution in [3.63, 3.8) is 0 Å². The van der Waals surface area contributed by atoms with E-state index >= 15 is 0 Å². The summed E-state index contributed by atoms with van der Waals surface area (Å²) in [6.07, 6.45) is -5.01. The molecule has 0 spiro atoms. The molecule has 1 aromatic heterocycles. The normalized spacial score (nSPS) is 24.7. The van der Waals surface area contributed by atoms with Crippen molar-refractivity contribution >= 4 is 23.2 Å². The van der Waals surface area contributed by atoms with E-state index < -0.39 is 45.7 Å². The lowest BCUT2D eigenvalue weighted by molar-refractivity contribution is -0.273. The number of aromatic nitrogens is 1. The van der Waals surface area contributed by atoms with E-state index in [1.165, 1.54) is 30.1 Å². The fourth-order valence-corrected chi connectivity index (χ4v) is 4.44. The minimum atomic E-state index is -5.12. The van der Waals surface area contributed by atoms with Gasteiger partial charge in [0.1, 0.15) is 12.4 Å². The summed E-state index contributed by atoms with van der Waals surface area (Å²) in [6, 6.07) is 4.11. The van der Waals surface area contributed by atoms with Gasteiger partial charge in [-0.3, -0.25) is 9.59 Å². The smallest absolute Gasteiger partial charge is 0.425 e. The number of primary amides is 1. The molecule has 3 heterocycles. The Balaban J connectivity index is 1.84. The zero-order chi connectivity index (χ0) is 23.5. The first kappa shape index (κ1) is 22.1. The van der Waals surface area contributed by atoms with Gasteiger partial charge in [0.2, 0.25) is 11.2 Å². The molecule has 4 rings (SSSR count). The summed E-state index contributed by atoms with van der Waals surface area (Å²) in [4.78, 5) is 28.3. The van der Waals surface area contributed by atoms with E-state index in [9.17, 15) is 33.0 Å². The third-order valence-corrected chi connectivity index (χ3v) is 6.50. The highest BCUT2D eigenvalue weighted by Crippen LogP contribution is 2.49. The van der Waals surface area contributed by atoms with Crippen molar-refractivity contribution < 1.29 is 37.7 Å². The molecule has 0 unspecified atom stereocenters. The molecule has 1 fully saturated rings. The number of carbonyl (C=O) groups excluding carboxylic acids is 2. The Labute approximate surface area is 183 Å². The highest BCUT2D eigenvalue weighted by atomic mass is 32.1. The van der Waals surface area contributed by atoms with Crippen LogP contribution in [0.2, 0.25) is 0 Å². The zero-order valence-electron chi connectivity index (χ0n) is 16.5. The van der Waals surface area contributed by atoms with Crippen LogP contribution in [0.3, 0.4) is 0 Å². The van der Waals surface area contributed by atoms with Crippen molar-refractivity contribution in [2.24, 2.45) is 5.73 Å². The number of rotatable bonds is 1. The molecule has 8 nitrogen and oxygen atoms in total. The van der Waals surface area contributed by atoms with E-state index in [4.69, 9.17) is 10.5 Å². The zero-order valence-corrected chi connectivity index (χ0v) is 17.3. The van der Waals surface area contributed by atoms with Crippen LogP contribution in [0.1, 0.15) is 26.7 Å². The van der Waals surface area contributed by atoms with Gasteiger partial charge < -0.3 is 25.6 Å². The molecule has 1 saturated heterocycles. The number of hydrogen-bond acceptors (Lipinski definition) is 7. The summed E-state index contributed by atoms with van der Waals surface area (Å²) in [5.41, 5.74) is -0.0788. The molecule has 2 aliphatic heterocycles. The minimum absolute atomic E-state index is 0.0197. The largest absolute Gasteiger partial charge is 0.489 e. The SMILES string of the molecule is CN1CC[C@@](O)(C#Cc2ccc3c(c2)-c2nc(C(N)=O)sc2[C@@](O)(C(F)(F)F)CO3)C1=O. The number of thiazole rings is 1. The van der Waals surface area contributed by atoms with Gasteiger partial charge in [-0.15, -0.1) is 11.3 Å². The maximum absolute atomic E-state index is 13.7. The maximum Gasteiger partial charge on any atom is 0.425 e. The molecule has 168 valence electrons. The first-order chi connectivity index (χ1) is 14.9. The summed E-state index contributed by atoms with van der Waals surface area (Å²) in [6.45, 7) is -0.821. The Bertz CT molecular complexity index is 1200. The molecule has 32 heavy (non-hydrogen) atoms. The Morgan fingerprint density at radius 2 is 2.09 bits per heavy atom. The van der Waals surface area contributed by atoms with Crippen LogP contribution in [0.4, 0.5) is 13.2 Å². The molecule has 1 aromatic carbocycles. The Hall–Kier alpha value is -3.14. The highest BCUT2D eigenvalue weighted by Gasteiger charge is 2.59. The van der Waals surface area contributed by atoms with Gasteiger partial charge in [0.15, 0.2) is 5.01 Å². The van der Waals surface area contributed by atoms with E-state index in [1.807, 2.05) is 0 Å². The van der Waals surface area contributed by atoms with E-state index in [0.717, 1.165) is 0 Å². The van der Waals surface area contributed by atoms with Crippen LogP contribution in [0.5, 0.6) is 5.75 Å². The number of nitrogens with two attached hydrogens (primary N) is 1. The lowest BCUT2D eigenvalue weighted by atomic mass is 9.98. The van der Waals surface area contributed by atoms with Gasteiger partial charge in [-0.05, 0) is 18.2 Å². The van der Waals surface area contributed by atoms with Crippen LogP contribution >= 0.6 is 11.3 Å². The number of hydrogen-bond donors (Lipinski definition) is 3. The number of likely N-dealkylation sites (tertiary alicyclic amines) is 1. The van der Waals surface area contributed by atoms with Crippen LogP contribution in [-0.2, 0) is 10.4 Å². The summed E-state index contributed by atoms with van der Waals surface area (Å²) in [5.74, 6) is 3.56. The number of benzene rings is 1. The molecule has 2 aliphatic rings. The second-order valence-corrected chi connectivity index (χ2v) is 8.50. The van der Waals surface area contributed by atoms with Crippen molar-refractivity contribution in [1.29, 1.82) is 0 Å². The van der Waals surface area contributed by atoms with Gasteiger partial charge in [0.05, 0.1) is 10.6 Å². The molecular formula is C20H16F3N3O5S. The number of nitrogens with zero attached hydrogens (tertiary/aromatic N) is 2. The number of alkyl halides is 3. The summed E-state index contributed by atoms with van der Waals surface area (Å²) in [5, 5.41) is 20.5. The van der Waals surface area contributed by atoms with Crippen LogP contribution < -0.4 is 10.5 Å². The molecule has 0 aliphatic carbocycles. The summed E-state index contributed by atoms with van der Waals surface area (Å²) < 4.78 is 46.5. The lowest BCUT2D eigenvalue weighted by Gasteiger charge is -2.28.